The van der Waals surface area contributed by atoms with Crippen LogP contribution in [0.2, 0.25) is 0 Å². The molecule has 0 aromatic heterocycles. The Hall–Kier alpha value is -4.80. The predicted octanol–water partition coefficient (Wildman–Crippen LogP) is 3.28. The number of benzene rings is 3. The van der Waals surface area contributed by atoms with Gasteiger partial charge in [0.25, 0.3) is 11.8 Å². The third-order valence-corrected chi connectivity index (χ3v) is 4.62. The molecule has 9 nitrogen and oxygen atoms in total. The topological polar surface area (TPSA) is 111 Å². The molecule has 0 bridgehead atoms. The van der Waals surface area contributed by atoms with Gasteiger partial charge in [-0.3, -0.25) is 9.59 Å². The molecule has 0 aliphatic carbocycles. The van der Waals surface area contributed by atoms with Crippen LogP contribution >= 0.6 is 0 Å². The van der Waals surface area contributed by atoms with Crippen LogP contribution in [0.4, 0.5) is 8.78 Å². The largest absolute Gasteiger partial charge is 0.494 e. The highest BCUT2D eigenvalue weighted by atomic mass is 19.1. The maximum atomic E-state index is 13.4. The molecule has 0 heterocycles. The van der Waals surface area contributed by atoms with Crippen molar-refractivity contribution >= 4 is 24.2 Å². The van der Waals surface area contributed by atoms with Crippen molar-refractivity contribution in [2.45, 2.75) is 0 Å². The van der Waals surface area contributed by atoms with Crippen molar-refractivity contribution in [1.82, 2.24) is 10.9 Å². The van der Waals surface area contributed by atoms with Crippen molar-refractivity contribution in [1.29, 1.82) is 0 Å². The van der Waals surface area contributed by atoms with E-state index in [1.165, 1.54) is 87.3 Å². The Morgan fingerprint density at radius 3 is 1.86 bits per heavy atom. The van der Waals surface area contributed by atoms with Crippen LogP contribution in [-0.2, 0) is 4.79 Å². The van der Waals surface area contributed by atoms with Gasteiger partial charge in [0, 0.05) is 5.56 Å². The van der Waals surface area contributed by atoms with Gasteiger partial charge in [-0.15, -0.1) is 0 Å². The third kappa shape index (κ3) is 7.35. The van der Waals surface area contributed by atoms with E-state index in [1.54, 1.807) is 0 Å². The summed E-state index contributed by atoms with van der Waals surface area (Å²) in [5.74, 6) is -1.52. The molecule has 11 heteroatoms. The Bertz CT molecular complexity index is 1280. The molecule has 0 saturated carbocycles. The summed E-state index contributed by atoms with van der Waals surface area (Å²) in [6.45, 7) is -0.318. The maximum absolute atomic E-state index is 13.4. The summed E-state index contributed by atoms with van der Waals surface area (Å²) in [4.78, 5) is 24.1. The second-order valence-corrected chi connectivity index (χ2v) is 7.09. The lowest BCUT2D eigenvalue weighted by Crippen LogP contribution is -2.24. The highest BCUT2D eigenvalue weighted by Crippen LogP contribution is 2.18. The molecule has 0 spiro atoms. The fraction of sp³-hybridized carbons (Fsp3) is 0.120. The summed E-state index contributed by atoms with van der Waals surface area (Å²) < 4.78 is 42.0. The standard InChI is InChI=1S/C25H22F2N4O5/c1-34-22-11-16(3-9-20(22)26)13-28-30-24(32)15-36-19-7-5-18(6-8-19)25(33)31-29-14-17-4-10-21(27)23(12-17)35-2/h3-14H,15H2,1-2H3,(H,30,32)(H,31,33)/b28-13+,29-14+. The third-order valence-electron chi connectivity index (χ3n) is 4.62. The van der Waals surface area contributed by atoms with Crippen LogP contribution in [0.15, 0.2) is 70.9 Å². The van der Waals surface area contributed by atoms with Gasteiger partial charge in [0.1, 0.15) is 5.75 Å². The van der Waals surface area contributed by atoms with Crippen LogP contribution < -0.4 is 25.1 Å². The van der Waals surface area contributed by atoms with Crippen molar-refractivity contribution in [2.24, 2.45) is 10.2 Å². The highest BCUT2D eigenvalue weighted by Gasteiger charge is 2.07. The smallest absolute Gasteiger partial charge is 0.277 e. The Labute approximate surface area is 205 Å². The summed E-state index contributed by atoms with van der Waals surface area (Å²) >= 11 is 0. The average Bonchev–Trinajstić information content (AvgIpc) is 2.89. The molecule has 0 aliphatic heterocycles. The molecule has 0 unspecified atom stereocenters. The van der Waals surface area contributed by atoms with E-state index >= 15 is 0 Å². The van der Waals surface area contributed by atoms with E-state index in [1.807, 2.05) is 0 Å². The van der Waals surface area contributed by atoms with Crippen LogP contribution in [0, 0.1) is 11.6 Å². The first kappa shape index (κ1) is 25.8. The number of halogens is 2. The minimum absolute atomic E-state index is 0.0612. The lowest BCUT2D eigenvalue weighted by Gasteiger charge is -2.06. The van der Waals surface area contributed by atoms with Gasteiger partial charge in [0.05, 0.1) is 26.6 Å². The van der Waals surface area contributed by atoms with Gasteiger partial charge in [-0.05, 0) is 59.7 Å². The number of hydrogen-bond acceptors (Lipinski definition) is 7. The molecule has 0 aliphatic rings. The van der Waals surface area contributed by atoms with E-state index in [9.17, 15) is 18.4 Å². The van der Waals surface area contributed by atoms with E-state index in [4.69, 9.17) is 14.2 Å². The number of methoxy groups -OCH3 is 2. The summed E-state index contributed by atoms with van der Waals surface area (Å²) in [7, 11) is 2.70. The molecular weight excluding hydrogens is 474 g/mol. The van der Waals surface area contributed by atoms with Crippen LogP contribution in [0.5, 0.6) is 17.2 Å². The Morgan fingerprint density at radius 2 is 1.33 bits per heavy atom. The fourth-order valence-corrected chi connectivity index (χ4v) is 2.81. The minimum atomic E-state index is -0.520. The normalized spacial score (nSPS) is 10.9. The predicted molar refractivity (Wildman–Crippen MR) is 129 cm³/mol. The van der Waals surface area contributed by atoms with Gasteiger partial charge in [-0.2, -0.15) is 10.2 Å². The van der Waals surface area contributed by atoms with Crippen molar-refractivity contribution in [3.8, 4) is 17.2 Å². The van der Waals surface area contributed by atoms with Gasteiger partial charge < -0.3 is 14.2 Å². The quantitative estimate of drug-likeness (QED) is 0.331. The first-order valence-corrected chi connectivity index (χ1v) is 10.4. The number of hydrogen-bond donors (Lipinski definition) is 2. The molecule has 2 amide bonds. The first-order valence-electron chi connectivity index (χ1n) is 10.4. The summed E-state index contributed by atoms with van der Waals surface area (Å²) in [6, 6.07) is 14.3. The summed E-state index contributed by atoms with van der Waals surface area (Å²) in [5.41, 5.74) is 6.03. The van der Waals surface area contributed by atoms with Crippen LogP contribution in [0.1, 0.15) is 21.5 Å². The molecule has 0 fully saturated rings. The SMILES string of the molecule is COc1cc(/C=N/NC(=O)COc2ccc(C(=O)N/N=C/c3ccc(F)c(OC)c3)cc2)ccc1F. The molecule has 3 aromatic carbocycles. The molecular formula is C25H22F2N4O5. The number of nitrogens with zero attached hydrogens (tertiary/aromatic N) is 2. The second-order valence-electron chi connectivity index (χ2n) is 7.09. The number of carbonyl (C=O) groups is 2. The van der Waals surface area contributed by atoms with Gasteiger partial charge in [-0.25, -0.2) is 19.6 Å². The Morgan fingerprint density at radius 1 is 0.806 bits per heavy atom. The van der Waals surface area contributed by atoms with Crippen LogP contribution in [0.3, 0.4) is 0 Å². The van der Waals surface area contributed by atoms with Gasteiger partial charge in [0.15, 0.2) is 29.7 Å². The molecule has 2 N–H and O–H groups in total. The summed E-state index contributed by atoms with van der Waals surface area (Å²) in [6.07, 6.45) is 2.69. The summed E-state index contributed by atoms with van der Waals surface area (Å²) in [5, 5.41) is 7.63. The van der Waals surface area contributed by atoms with E-state index in [2.05, 4.69) is 21.1 Å². The zero-order valence-electron chi connectivity index (χ0n) is 19.3. The zero-order valence-corrected chi connectivity index (χ0v) is 19.3. The number of amides is 2. The molecule has 36 heavy (non-hydrogen) atoms. The van der Waals surface area contributed by atoms with Gasteiger partial charge in [-0.1, -0.05) is 12.1 Å². The lowest BCUT2D eigenvalue weighted by atomic mass is 10.2. The Balaban J connectivity index is 1.45. The zero-order chi connectivity index (χ0) is 25.9. The fourth-order valence-electron chi connectivity index (χ4n) is 2.81. The lowest BCUT2D eigenvalue weighted by molar-refractivity contribution is -0.123. The molecule has 3 rings (SSSR count). The highest BCUT2D eigenvalue weighted by molar-refractivity contribution is 5.95. The average molecular weight is 496 g/mol. The van der Waals surface area contributed by atoms with Crippen LogP contribution in [-0.4, -0.2) is 45.1 Å². The van der Waals surface area contributed by atoms with Crippen molar-refractivity contribution in [3.05, 3.63) is 89.0 Å². The van der Waals surface area contributed by atoms with Crippen LogP contribution in [0.25, 0.3) is 0 Å². The molecule has 0 saturated heterocycles. The van der Waals surface area contributed by atoms with Crippen molar-refractivity contribution in [3.63, 3.8) is 0 Å². The van der Waals surface area contributed by atoms with E-state index in [-0.39, 0.29) is 18.1 Å². The molecule has 186 valence electrons. The number of carbonyl (C=O) groups excluding carboxylic acids is 2. The van der Waals surface area contributed by atoms with E-state index in [0.717, 1.165) is 0 Å². The maximum Gasteiger partial charge on any atom is 0.277 e. The van der Waals surface area contributed by atoms with Crippen molar-refractivity contribution in [2.75, 3.05) is 20.8 Å². The second kappa shape index (κ2) is 12.6. The molecule has 0 atom stereocenters. The van der Waals surface area contributed by atoms with Gasteiger partial charge >= 0.3 is 0 Å². The van der Waals surface area contributed by atoms with Crippen molar-refractivity contribution < 1.29 is 32.6 Å². The van der Waals surface area contributed by atoms with E-state index in [0.29, 0.717) is 22.4 Å². The Kier molecular flexibility index (Phi) is 9.04. The molecule has 0 radical (unpaired) electrons. The van der Waals surface area contributed by atoms with E-state index < -0.39 is 23.4 Å². The monoisotopic (exact) mass is 496 g/mol. The van der Waals surface area contributed by atoms with Gasteiger partial charge in [0.2, 0.25) is 0 Å². The molecule has 3 aromatic rings. The minimum Gasteiger partial charge on any atom is -0.494 e. The number of rotatable bonds is 10. The number of nitrogens with one attached hydrogen (secondary N) is 2. The number of hydrazone groups is 2. The first-order chi connectivity index (χ1) is 17.4. The number of ether oxygens (including phenoxy) is 3.